The van der Waals surface area contributed by atoms with E-state index in [2.05, 4.69) is 0 Å². The highest BCUT2D eigenvalue weighted by atomic mass is 35.5. The van der Waals surface area contributed by atoms with Crippen molar-refractivity contribution in [3.63, 3.8) is 0 Å². The van der Waals surface area contributed by atoms with Crippen LogP contribution in [0.4, 0.5) is 0 Å². The van der Waals surface area contributed by atoms with Crippen LogP contribution in [0.15, 0.2) is 0 Å². The Bertz CT molecular complexity index is 32.0. The average Bonchev–Trinajstić information content (AvgIpc) is 1.35. The van der Waals surface area contributed by atoms with Crippen molar-refractivity contribution in [3.05, 3.63) is 0 Å². The maximum Gasteiger partial charge on any atom is 0.0571 e. The lowest BCUT2D eigenvalue weighted by molar-refractivity contribution is 0.270. The van der Waals surface area contributed by atoms with Crippen molar-refractivity contribution in [2.24, 2.45) is 0 Å². The average molecular weight is 110 g/mol. The van der Waals surface area contributed by atoms with Gasteiger partial charge in [-0.1, -0.05) is 0 Å². The molecule has 0 saturated heterocycles. The van der Waals surface area contributed by atoms with Crippen LogP contribution in [-0.2, 0) is 0 Å². The SMILES string of the molecule is CN(Cl)CCO. The van der Waals surface area contributed by atoms with Gasteiger partial charge in [0.25, 0.3) is 0 Å². The summed E-state index contributed by atoms with van der Waals surface area (Å²) < 4.78 is 1.40. The quantitative estimate of drug-likeness (QED) is 0.507. The van der Waals surface area contributed by atoms with Crippen LogP contribution in [0.2, 0.25) is 0 Å². The van der Waals surface area contributed by atoms with Gasteiger partial charge >= 0.3 is 0 Å². The molecule has 38 valence electrons. The molecule has 0 heterocycles. The van der Waals surface area contributed by atoms with Gasteiger partial charge < -0.3 is 5.11 Å². The van der Waals surface area contributed by atoms with Crippen LogP contribution in [0.25, 0.3) is 0 Å². The first kappa shape index (κ1) is 6.21. The Balaban J connectivity index is 2.63. The standard InChI is InChI=1S/C3H8ClNO/c1-5(4)2-3-6/h6H,2-3H2,1H3. The van der Waals surface area contributed by atoms with E-state index in [1.54, 1.807) is 7.05 Å². The summed E-state index contributed by atoms with van der Waals surface area (Å²) in [6.45, 7) is 0.654. The van der Waals surface area contributed by atoms with Gasteiger partial charge in [0.05, 0.1) is 6.61 Å². The third-order valence-electron chi connectivity index (χ3n) is 0.408. The van der Waals surface area contributed by atoms with Gasteiger partial charge in [-0.25, -0.2) is 4.42 Å². The van der Waals surface area contributed by atoms with Crippen molar-refractivity contribution in [1.29, 1.82) is 0 Å². The Morgan fingerprint density at radius 3 is 2.33 bits per heavy atom. The van der Waals surface area contributed by atoms with Crippen LogP contribution in [0.3, 0.4) is 0 Å². The molecule has 0 radical (unpaired) electrons. The van der Waals surface area contributed by atoms with Gasteiger partial charge in [0.1, 0.15) is 0 Å². The van der Waals surface area contributed by atoms with Gasteiger partial charge in [0, 0.05) is 13.6 Å². The zero-order valence-corrected chi connectivity index (χ0v) is 4.44. The molecule has 0 aromatic heterocycles. The fourth-order valence-corrected chi connectivity index (χ4v) is 0.213. The smallest absolute Gasteiger partial charge is 0.0571 e. The van der Waals surface area contributed by atoms with E-state index in [0.29, 0.717) is 6.54 Å². The van der Waals surface area contributed by atoms with E-state index in [1.165, 1.54) is 4.42 Å². The van der Waals surface area contributed by atoms with Crippen LogP contribution in [0.1, 0.15) is 0 Å². The summed E-state index contributed by atoms with van der Waals surface area (Å²) in [4.78, 5) is 0. The Kier molecular flexibility index (Phi) is 3.52. The monoisotopic (exact) mass is 109 g/mol. The molecule has 0 unspecified atom stereocenters. The first-order chi connectivity index (χ1) is 2.77. The molecule has 0 atom stereocenters. The van der Waals surface area contributed by atoms with Crippen LogP contribution in [0, 0.1) is 0 Å². The number of halogens is 1. The van der Waals surface area contributed by atoms with E-state index in [4.69, 9.17) is 16.9 Å². The zero-order chi connectivity index (χ0) is 4.99. The van der Waals surface area contributed by atoms with Gasteiger partial charge in [-0.2, -0.15) is 0 Å². The van der Waals surface area contributed by atoms with Crippen molar-refractivity contribution in [2.45, 2.75) is 0 Å². The molecule has 0 saturated carbocycles. The number of hydrogen-bond donors (Lipinski definition) is 1. The Hall–Kier alpha value is 0.210. The third-order valence-corrected chi connectivity index (χ3v) is 0.577. The maximum atomic E-state index is 8.11. The van der Waals surface area contributed by atoms with Crippen molar-refractivity contribution in [3.8, 4) is 0 Å². The minimum atomic E-state index is 0.125. The number of nitrogens with zero attached hydrogens (tertiary/aromatic N) is 1. The van der Waals surface area contributed by atoms with Gasteiger partial charge in [-0.3, -0.25) is 0 Å². The van der Waals surface area contributed by atoms with E-state index in [9.17, 15) is 0 Å². The van der Waals surface area contributed by atoms with Crippen molar-refractivity contribution >= 4 is 11.8 Å². The Labute approximate surface area is 42.4 Å². The summed E-state index contributed by atoms with van der Waals surface area (Å²) in [6, 6.07) is 0. The van der Waals surface area contributed by atoms with Crippen LogP contribution in [0.5, 0.6) is 0 Å². The number of aliphatic hydroxyl groups is 1. The summed E-state index contributed by atoms with van der Waals surface area (Å²) >= 11 is 5.25. The van der Waals surface area contributed by atoms with E-state index in [1.807, 2.05) is 0 Å². The van der Waals surface area contributed by atoms with Crippen molar-refractivity contribution < 1.29 is 5.11 Å². The highest BCUT2D eigenvalue weighted by Gasteiger charge is 1.83. The van der Waals surface area contributed by atoms with Crippen molar-refractivity contribution in [1.82, 2.24) is 4.42 Å². The van der Waals surface area contributed by atoms with Crippen LogP contribution < -0.4 is 0 Å². The molecule has 6 heavy (non-hydrogen) atoms. The number of aliphatic hydroxyl groups excluding tert-OH is 1. The van der Waals surface area contributed by atoms with Gasteiger partial charge in [0.15, 0.2) is 0 Å². The molecule has 0 bridgehead atoms. The molecule has 0 aliphatic rings. The fraction of sp³-hybridized carbons (Fsp3) is 1.00. The zero-order valence-electron chi connectivity index (χ0n) is 3.69. The maximum absolute atomic E-state index is 8.11. The molecule has 0 fully saturated rings. The second-order valence-corrected chi connectivity index (χ2v) is 1.63. The molecule has 0 aromatic rings. The molecular weight excluding hydrogens is 101 g/mol. The second-order valence-electron chi connectivity index (χ2n) is 1.05. The lowest BCUT2D eigenvalue weighted by atomic mass is 10.7. The minimum Gasteiger partial charge on any atom is -0.395 e. The molecule has 0 spiro atoms. The summed E-state index contributed by atoms with van der Waals surface area (Å²) in [6.07, 6.45) is 0. The molecule has 2 nitrogen and oxygen atoms in total. The van der Waals surface area contributed by atoms with Crippen molar-refractivity contribution in [2.75, 3.05) is 20.2 Å². The number of rotatable bonds is 2. The Morgan fingerprint density at radius 1 is 1.83 bits per heavy atom. The summed E-state index contributed by atoms with van der Waals surface area (Å²) in [5, 5.41) is 8.11. The van der Waals surface area contributed by atoms with Gasteiger partial charge in [-0.15, -0.1) is 0 Å². The topological polar surface area (TPSA) is 23.5 Å². The normalized spacial score (nSPS) is 10.0. The second kappa shape index (κ2) is 3.40. The predicted octanol–water partition coefficient (Wildman–Crippen LogP) is 0.0643. The van der Waals surface area contributed by atoms with E-state index < -0.39 is 0 Å². The molecule has 1 N–H and O–H groups in total. The lowest BCUT2D eigenvalue weighted by Gasteiger charge is -1.99. The molecular formula is C3H8ClNO. The van der Waals surface area contributed by atoms with Crippen LogP contribution in [-0.4, -0.2) is 29.7 Å². The Morgan fingerprint density at radius 2 is 2.33 bits per heavy atom. The predicted molar refractivity (Wildman–Crippen MR) is 25.6 cm³/mol. The summed E-state index contributed by atoms with van der Waals surface area (Å²) in [7, 11) is 1.69. The third kappa shape index (κ3) is 4.21. The largest absolute Gasteiger partial charge is 0.395 e. The molecule has 0 aromatic carbocycles. The number of likely N-dealkylation sites (N-methyl/N-ethyl adjacent to an activating group) is 1. The molecule has 3 heteroatoms. The first-order valence-electron chi connectivity index (χ1n) is 1.75. The summed E-state index contributed by atoms with van der Waals surface area (Å²) in [5.74, 6) is 0. The van der Waals surface area contributed by atoms with Crippen LogP contribution >= 0.6 is 11.8 Å². The highest BCUT2D eigenvalue weighted by molar-refractivity contribution is 6.13. The lowest BCUT2D eigenvalue weighted by Crippen LogP contribution is -2.09. The van der Waals surface area contributed by atoms with E-state index in [-0.39, 0.29) is 6.61 Å². The minimum absolute atomic E-state index is 0.125. The van der Waals surface area contributed by atoms with E-state index >= 15 is 0 Å². The molecule has 0 aliphatic heterocycles. The van der Waals surface area contributed by atoms with Gasteiger partial charge in [-0.05, 0) is 11.8 Å². The highest BCUT2D eigenvalue weighted by Crippen LogP contribution is 1.81. The fourth-order valence-electron chi connectivity index (χ4n) is 0.138. The molecule has 0 aliphatic carbocycles. The molecule has 0 rings (SSSR count). The first-order valence-corrected chi connectivity index (χ1v) is 2.09. The summed E-state index contributed by atoms with van der Waals surface area (Å²) in [5.41, 5.74) is 0. The van der Waals surface area contributed by atoms with E-state index in [0.717, 1.165) is 0 Å². The number of hydrogen-bond acceptors (Lipinski definition) is 2. The van der Waals surface area contributed by atoms with Gasteiger partial charge in [0.2, 0.25) is 0 Å². The molecule has 0 amide bonds.